The summed E-state index contributed by atoms with van der Waals surface area (Å²) >= 11 is 0. The molecule has 128 valence electrons. The summed E-state index contributed by atoms with van der Waals surface area (Å²) in [5.41, 5.74) is 0.347. The van der Waals surface area contributed by atoms with Crippen molar-refractivity contribution in [2.75, 3.05) is 13.1 Å². The van der Waals surface area contributed by atoms with E-state index in [0.717, 1.165) is 5.56 Å². The van der Waals surface area contributed by atoms with Crippen LogP contribution in [0.4, 0.5) is 4.79 Å². The summed E-state index contributed by atoms with van der Waals surface area (Å²) in [6.45, 7) is 4.73. The van der Waals surface area contributed by atoms with Gasteiger partial charge in [-0.1, -0.05) is 19.9 Å². The smallest absolute Gasteiger partial charge is 0.322 e. The zero-order chi connectivity index (χ0) is 17.5. The van der Waals surface area contributed by atoms with Gasteiger partial charge in [-0.2, -0.15) is 0 Å². The van der Waals surface area contributed by atoms with Crippen LogP contribution < -0.4 is 10.6 Å². The molecule has 7 heteroatoms. The number of benzene rings is 1. The molecule has 2 aliphatic heterocycles. The summed E-state index contributed by atoms with van der Waals surface area (Å²) in [5, 5.41) is 14.9. The van der Waals surface area contributed by atoms with Gasteiger partial charge in [-0.15, -0.1) is 0 Å². The number of aromatic hydroxyl groups is 1. The molecule has 1 aromatic rings. The number of likely N-dealkylation sites (tertiary alicyclic amines) is 1. The quantitative estimate of drug-likeness (QED) is 0.712. The Hall–Kier alpha value is -2.57. The number of phenols is 1. The molecule has 2 saturated heterocycles. The molecule has 0 radical (unpaired) electrons. The Morgan fingerprint density at radius 2 is 1.92 bits per heavy atom. The maximum atomic E-state index is 12.7. The number of phenolic OH excluding ortho intramolecular Hbond substituents is 1. The van der Waals surface area contributed by atoms with E-state index < -0.39 is 11.6 Å². The third kappa shape index (κ3) is 2.70. The van der Waals surface area contributed by atoms with Crippen LogP contribution in [0.2, 0.25) is 0 Å². The first-order valence-electron chi connectivity index (χ1n) is 8.08. The topological polar surface area (TPSA) is 98.7 Å². The summed E-state index contributed by atoms with van der Waals surface area (Å²) in [4.78, 5) is 37.6. The van der Waals surface area contributed by atoms with Crippen LogP contribution in [0.15, 0.2) is 18.2 Å². The van der Waals surface area contributed by atoms with Crippen molar-refractivity contribution in [3.8, 4) is 5.75 Å². The lowest BCUT2D eigenvalue weighted by Crippen LogP contribution is -2.55. The lowest BCUT2D eigenvalue weighted by Gasteiger charge is -2.37. The van der Waals surface area contributed by atoms with E-state index in [-0.39, 0.29) is 29.0 Å². The molecule has 0 bridgehead atoms. The standard InChI is InChI=1S/C17H21N3O4/c1-10(2)11-3-4-13(21)12(9-11)14(22)20-7-5-17(6-8-20)15(23)18-16(24)19-17/h3-4,9-10,21H,5-8H2,1-2H3,(H2,18,19,23,24). The van der Waals surface area contributed by atoms with Crippen molar-refractivity contribution in [2.45, 2.75) is 38.1 Å². The first-order chi connectivity index (χ1) is 11.3. The Morgan fingerprint density at radius 3 is 2.46 bits per heavy atom. The van der Waals surface area contributed by atoms with E-state index in [1.807, 2.05) is 13.8 Å². The highest BCUT2D eigenvalue weighted by molar-refractivity contribution is 6.07. The summed E-state index contributed by atoms with van der Waals surface area (Å²) in [5.74, 6) is -0.380. The van der Waals surface area contributed by atoms with Crippen LogP contribution in [0.1, 0.15) is 48.5 Å². The van der Waals surface area contributed by atoms with E-state index in [4.69, 9.17) is 0 Å². The van der Waals surface area contributed by atoms with Gasteiger partial charge >= 0.3 is 6.03 Å². The van der Waals surface area contributed by atoms with Crippen molar-refractivity contribution in [2.24, 2.45) is 0 Å². The summed E-state index contributed by atoms with van der Waals surface area (Å²) in [6.07, 6.45) is 0.724. The molecule has 0 unspecified atom stereocenters. The molecule has 1 spiro atoms. The first-order valence-corrected chi connectivity index (χ1v) is 8.08. The van der Waals surface area contributed by atoms with Crippen LogP contribution >= 0.6 is 0 Å². The van der Waals surface area contributed by atoms with Gasteiger partial charge in [-0.3, -0.25) is 14.9 Å². The zero-order valence-electron chi connectivity index (χ0n) is 13.8. The largest absolute Gasteiger partial charge is 0.507 e. The van der Waals surface area contributed by atoms with Gasteiger partial charge in [0.2, 0.25) is 0 Å². The van der Waals surface area contributed by atoms with Gasteiger partial charge in [-0.05, 0) is 36.5 Å². The average molecular weight is 331 g/mol. The SMILES string of the molecule is CC(C)c1ccc(O)c(C(=O)N2CCC3(CC2)NC(=O)NC3=O)c1. The second-order valence-corrected chi connectivity index (χ2v) is 6.71. The molecule has 2 heterocycles. The first kappa shape index (κ1) is 16.3. The van der Waals surface area contributed by atoms with Crippen LogP contribution in [0.5, 0.6) is 5.75 Å². The Balaban J connectivity index is 1.75. The fourth-order valence-corrected chi connectivity index (χ4v) is 3.23. The summed E-state index contributed by atoms with van der Waals surface area (Å²) in [7, 11) is 0. The van der Waals surface area contributed by atoms with Crippen LogP contribution in [-0.2, 0) is 4.79 Å². The predicted octanol–water partition coefficient (Wildman–Crippen LogP) is 1.33. The minimum atomic E-state index is -0.907. The van der Waals surface area contributed by atoms with Crippen molar-refractivity contribution in [3.63, 3.8) is 0 Å². The number of piperidine rings is 1. The van der Waals surface area contributed by atoms with E-state index in [9.17, 15) is 19.5 Å². The minimum absolute atomic E-state index is 0.0448. The normalized spacial score (nSPS) is 19.5. The Kier molecular flexibility index (Phi) is 3.95. The molecule has 7 nitrogen and oxygen atoms in total. The lowest BCUT2D eigenvalue weighted by molar-refractivity contribution is -0.125. The number of imide groups is 1. The molecule has 0 atom stereocenters. The van der Waals surface area contributed by atoms with Gasteiger partial charge in [0.1, 0.15) is 11.3 Å². The highest BCUT2D eigenvalue weighted by Crippen LogP contribution is 2.29. The molecule has 0 aromatic heterocycles. The number of carbonyl (C=O) groups excluding carboxylic acids is 3. The lowest BCUT2D eigenvalue weighted by atomic mass is 9.87. The number of carbonyl (C=O) groups is 3. The van der Waals surface area contributed by atoms with Gasteiger partial charge in [0.25, 0.3) is 11.8 Å². The van der Waals surface area contributed by atoms with Gasteiger partial charge in [0, 0.05) is 13.1 Å². The van der Waals surface area contributed by atoms with E-state index in [1.165, 1.54) is 0 Å². The van der Waals surface area contributed by atoms with Crippen molar-refractivity contribution in [3.05, 3.63) is 29.3 Å². The minimum Gasteiger partial charge on any atom is -0.507 e. The third-order valence-corrected chi connectivity index (χ3v) is 4.84. The highest BCUT2D eigenvalue weighted by Gasteiger charge is 2.48. The monoisotopic (exact) mass is 331 g/mol. The molecule has 3 rings (SSSR count). The fraction of sp³-hybridized carbons (Fsp3) is 0.471. The Morgan fingerprint density at radius 1 is 1.25 bits per heavy atom. The predicted molar refractivity (Wildman–Crippen MR) is 86.7 cm³/mol. The maximum Gasteiger partial charge on any atom is 0.322 e. The molecule has 24 heavy (non-hydrogen) atoms. The number of urea groups is 1. The van der Waals surface area contributed by atoms with Gasteiger partial charge in [0.15, 0.2) is 0 Å². The van der Waals surface area contributed by atoms with Gasteiger partial charge < -0.3 is 15.3 Å². The molecule has 2 aliphatic rings. The summed E-state index contributed by atoms with van der Waals surface area (Å²) in [6, 6.07) is 4.58. The molecule has 0 saturated carbocycles. The number of nitrogens with one attached hydrogen (secondary N) is 2. The van der Waals surface area contributed by atoms with Gasteiger partial charge in [-0.25, -0.2) is 4.79 Å². The molecule has 4 amide bonds. The number of hydrogen-bond donors (Lipinski definition) is 3. The second kappa shape index (κ2) is 5.81. The van der Waals surface area contributed by atoms with Crippen molar-refractivity contribution >= 4 is 17.8 Å². The highest BCUT2D eigenvalue weighted by atomic mass is 16.3. The van der Waals surface area contributed by atoms with Crippen molar-refractivity contribution in [1.29, 1.82) is 0 Å². The number of rotatable bonds is 2. The Bertz CT molecular complexity index is 706. The van der Waals surface area contributed by atoms with Crippen molar-refractivity contribution < 1.29 is 19.5 Å². The van der Waals surface area contributed by atoms with Crippen LogP contribution in [0, 0.1) is 0 Å². The molecule has 0 aliphatic carbocycles. The zero-order valence-corrected chi connectivity index (χ0v) is 13.8. The van der Waals surface area contributed by atoms with Gasteiger partial charge in [0.05, 0.1) is 5.56 Å². The summed E-state index contributed by atoms with van der Waals surface area (Å²) < 4.78 is 0. The second-order valence-electron chi connectivity index (χ2n) is 6.71. The van der Waals surface area contributed by atoms with Crippen LogP contribution in [0.3, 0.4) is 0 Å². The molecule has 3 N–H and O–H groups in total. The maximum absolute atomic E-state index is 12.7. The molecule has 1 aromatic carbocycles. The number of hydrogen-bond acceptors (Lipinski definition) is 4. The average Bonchev–Trinajstić information content (AvgIpc) is 2.81. The third-order valence-electron chi connectivity index (χ3n) is 4.84. The van der Waals surface area contributed by atoms with Crippen LogP contribution in [-0.4, -0.2) is 46.5 Å². The van der Waals surface area contributed by atoms with E-state index in [2.05, 4.69) is 10.6 Å². The van der Waals surface area contributed by atoms with Crippen LogP contribution in [0.25, 0.3) is 0 Å². The van der Waals surface area contributed by atoms with E-state index in [1.54, 1.807) is 23.1 Å². The number of amides is 4. The molecular formula is C17H21N3O4. The van der Waals surface area contributed by atoms with E-state index in [0.29, 0.717) is 25.9 Å². The fourth-order valence-electron chi connectivity index (χ4n) is 3.23. The molecular weight excluding hydrogens is 310 g/mol. The van der Waals surface area contributed by atoms with E-state index >= 15 is 0 Å². The molecule has 2 fully saturated rings. The van der Waals surface area contributed by atoms with Crippen molar-refractivity contribution in [1.82, 2.24) is 15.5 Å². The Labute approximate surface area is 140 Å². The number of nitrogens with zero attached hydrogens (tertiary/aromatic N) is 1.